The van der Waals surface area contributed by atoms with Gasteiger partial charge in [-0.3, -0.25) is 14.4 Å². The molecule has 0 aromatic heterocycles. The van der Waals surface area contributed by atoms with Crippen LogP contribution in [-0.2, 0) is 9.59 Å². The van der Waals surface area contributed by atoms with E-state index in [1.54, 1.807) is 31.3 Å². The second kappa shape index (κ2) is 9.09. The third-order valence-electron chi connectivity index (χ3n) is 4.22. The van der Waals surface area contributed by atoms with Gasteiger partial charge in [0.25, 0.3) is 11.8 Å². The van der Waals surface area contributed by atoms with Gasteiger partial charge < -0.3 is 15.5 Å². The number of hydrogen-bond donors (Lipinski definition) is 3. The lowest BCUT2D eigenvalue weighted by atomic mass is 10.1. The van der Waals surface area contributed by atoms with Gasteiger partial charge in [-0.2, -0.15) is 0 Å². The number of amides is 2. The molecule has 27 heavy (non-hydrogen) atoms. The molecule has 0 fully saturated rings. The summed E-state index contributed by atoms with van der Waals surface area (Å²) in [4.78, 5) is 36.7. The highest BCUT2D eigenvalue weighted by Crippen LogP contribution is 2.18. The lowest BCUT2D eigenvalue weighted by Gasteiger charge is -2.15. The topological polar surface area (TPSA) is 79.7 Å². The molecule has 6 heteroatoms. The zero-order valence-electron chi connectivity index (χ0n) is 16.2. The number of nitrogens with one attached hydrogen (secondary N) is 3. The molecule has 1 unspecified atom stereocenters. The highest BCUT2D eigenvalue weighted by molar-refractivity contribution is 5.97. The molecule has 1 atom stereocenters. The quantitative estimate of drug-likeness (QED) is 0.650. The van der Waals surface area contributed by atoms with Crippen LogP contribution in [0.1, 0.15) is 28.4 Å². The second-order valence-corrected chi connectivity index (χ2v) is 6.81. The van der Waals surface area contributed by atoms with Crippen molar-refractivity contribution in [1.82, 2.24) is 0 Å². The number of para-hydroxylation sites is 1. The van der Waals surface area contributed by atoms with Gasteiger partial charge in [0.05, 0.1) is 7.05 Å². The fourth-order valence-electron chi connectivity index (χ4n) is 2.83. The molecule has 0 aliphatic carbocycles. The molecule has 0 aliphatic rings. The number of anilines is 2. The number of ketones is 1. The summed E-state index contributed by atoms with van der Waals surface area (Å²) < 4.78 is 0. The number of carbonyl (C=O) groups is 3. The molecule has 0 radical (unpaired) electrons. The van der Waals surface area contributed by atoms with Gasteiger partial charge in [0.15, 0.2) is 18.9 Å². The maximum atomic E-state index is 12.3. The Labute approximate surface area is 159 Å². The number of benzene rings is 2. The molecule has 2 aromatic rings. The summed E-state index contributed by atoms with van der Waals surface area (Å²) in [6.07, 6.45) is 0. The van der Waals surface area contributed by atoms with Crippen LogP contribution in [-0.4, -0.2) is 37.7 Å². The number of carbonyl (C=O) groups excluding carboxylic acids is 3. The van der Waals surface area contributed by atoms with Gasteiger partial charge in [-0.1, -0.05) is 30.3 Å². The minimum Gasteiger partial charge on any atom is -0.322 e. The highest BCUT2D eigenvalue weighted by atomic mass is 16.2. The summed E-state index contributed by atoms with van der Waals surface area (Å²) in [6.45, 7) is 5.69. The Bertz CT molecular complexity index is 841. The van der Waals surface area contributed by atoms with Crippen LogP contribution >= 0.6 is 0 Å². The standard InChI is InChI=1S/C21H25N3O3/c1-14-7-5-8-15(2)21(14)23-20(27)13-24(4)12-19(26)22-18-10-6-9-17(11-18)16(3)25/h5-11H,12-13H2,1-4H3,(H,22,26)(H,23,27)/p+1. The van der Waals surface area contributed by atoms with Crippen LogP contribution in [0.5, 0.6) is 0 Å². The van der Waals surface area contributed by atoms with Gasteiger partial charge in [-0.15, -0.1) is 0 Å². The Hall–Kier alpha value is -2.99. The van der Waals surface area contributed by atoms with Crippen LogP contribution in [0.25, 0.3) is 0 Å². The molecule has 0 heterocycles. The van der Waals surface area contributed by atoms with E-state index < -0.39 is 0 Å². The summed E-state index contributed by atoms with van der Waals surface area (Å²) in [6, 6.07) is 12.6. The number of quaternary nitrogens is 1. The van der Waals surface area contributed by atoms with Crippen LogP contribution in [0.4, 0.5) is 11.4 Å². The molecular formula is C21H26N3O3+. The van der Waals surface area contributed by atoms with Crippen LogP contribution in [0.15, 0.2) is 42.5 Å². The molecule has 0 spiro atoms. The van der Waals surface area contributed by atoms with Gasteiger partial charge in [-0.05, 0) is 44.0 Å². The smallest absolute Gasteiger partial charge is 0.279 e. The van der Waals surface area contributed by atoms with Crippen molar-refractivity contribution >= 4 is 29.0 Å². The zero-order chi connectivity index (χ0) is 20.0. The van der Waals surface area contributed by atoms with E-state index in [2.05, 4.69) is 10.6 Å². The van der Waals surface area contributed by atoms with Crippen LogP contribution in [0, 0.1) is 13.8 Å². The van der Waals surface area contributed by atoms with Gasteiger partial charge in [-0.25, -0.2) is 0 Å². The van der Waals surface area contributed by atoms with E-state index in [-0.39, 0.29) is 30.7 Å². The Morgan fingerprint density at radius 3 is 2.04 bits per heavy atom. The van der Waals surface area contributed by atoms with Gasteiger partial charge in [0.2, 0.25) is 0 Å². The first-order valence-electron chi connectivity index (χ1n) is 8.84. The molecular weight excluding hydrogens is 342 g/mol. The molecule has 0 bridgehead atoms. The van der Waals surface area contributed by atoms with Gasteiger partial charge >= 0.3 is 0 Å². The molecule has 0 saturated heterocycles. The first-order chi connectivity index (χ1) is 12.8. The summed E-state index contributed by atoms with van der Waals surface area (Å²) in [5.41, 5.74) is 3.94. The van der Waals surface area contributed by atoms with Crippen molar-refractivity contribution in [3.63, 3.8) is 0 Å². The first kappa shape index (κ1) is 20.3. The minimum atomic E-state index is -0.215. The van der Waals surface area contributed by atoms with E-state index in [9.17, 15) is 14.4 Å². The maximum Gasteiger partial charge on any atom is 0.279 e. The normalized spacial score (nSPS) is 11.6. The van der Waals surface area contributed by atoms with Crippen molar-refractivity contribution in [3.05, 3.63) is 59.2 Å². The summed E-state index contributed by atoms with van der Waals surface area (Å²) in [5.74, 6) is -0.415. The van der Waals surface area contributed by atoms with Crippen molar-refractivity contribution in [3.8, 4) is 0 Å². The molecule has 2 aromatic carbocycles. The average Bonchev–Trinajstić information content (AvgIpc) is 2.58. The predicted molar refractivity (Wildman–Crippen MR) is 106 cm³/mol. The van der Waals surface area contributed by atoms with Gasteiger partial charge in [0, 0.05) is 16.9 Å². The van der Waals surface area contributed by atoms with E-state index >= 15 is 0 Å². The van der Waals surface area contributed by atoms with Crippen LogP contribution < -0.4 is 15.5 Å². The van der Waals surface area contributed by atoms with Crippen molar-refractivity contribution in [2.75, 3.05) is 30.8 Å². The predicted octanol–water partition coefficient (Wildman–Crippen LogP) is 1.60. The summed E-state index contributed by atoms with van der Waals surface area (Å²) in [7, 11) is 1.79. The lowest BCUT2D eigenvalue weighted by molar-refractivity contribution is -0.862. The van der Waals surface area contributed by atoms with Crippen LogP contribution in [0.3, 0.4) is 0 Å². The van der Waals surface area contributed by atoms with Crippen molar-refractivity contribution in [2.45, 2.75) is 20.8 Å². The third kappa shape index (κ3) is 6.04. The summed E-state index contributed by atoms with van der Waals surface area (Å²) >= 11 is 0. The number of Topliss-reactive ketones (excluding diaryl/α,β-unsaturated/α-hetero) is 1. The third-order valence-corrected chi connectivity index (χ3v) is 4.22. The zero-order valence-corrected chi connectivity index (χ0v) is 16.2. The summed E-state index contributed by atoms with van der Waals surface area (Å²) in [5, 5.41) is 5.69. The van der Waals surface area contributed by atoms with Crippen molar-refractivity contribution in [2.24, 2.45) is 0 Å². The van der Waals surface area contributed by atoms with E-state index in [0.717, 1.165) is 21.7 Å². The number of hydrogen-bond acceptors (Lipinski definition) is 3. The van der Waals surface area contributed by atoms with Crippen LogP contribution in [0.2, 0.25) is 0 Å². The van der Waals surface area contributed by atoms with Crippen molar-refractivity contribution in [1.29, 1.82) is 0 Å². The number of aryl methyl sites for hydroxylation is 2. The molecule has 142 valence electrons. The number of rotatable bonds is 7. The minimum absolute atomic E-state index is 0.0583. The first-order valence-corrected chi connectivity index (χ1v) is 8.84. The van der Waals surface area contributed by atoms with E-state index in [4.69, 9.17) is 0 Å². The molecule has 6 nitrogen and oxygen atoms in total. The highest BCUT2D eigenvalue weighted by Gasteiger charge is 2.16. The molecule has 3 N–H and O–H groups in total. The Morgan fingerprint density at radius 2 is 1.44 bits per heavy atom. The van der Waals surface area contributed by atoms with E-state index in [1.807, 2.05) is 32.0 Å². The monoisotopic (exact) mass is 368 g/mol. The van der Waals surface area contributed by atoms with Crippen molar-refractivity contribution < 1.29 is 19.3 Å². The Morgan fingerprint density at radius 1 is 0.889 bits per heavy atom. The Kier molecular flexibility index (Phi) is 6.85. The largest absolute Gasteiger partial charge is 0.322 e. The maximum absolute atomic E-state index is 12.3. The Balaban J connectivity index is 1.88. The molecule has 2 rings (SSSR count). The lowest BCUT2D eigenvalue weighted by Crippen LogP contribution is -3.11. The average molecular weight is 368 g/mol. The number of likely N-dealkylation sites (N-methyl/N-ethyl adjacent to an activating group) is 1. The molecule has 0 saturated carbocycles. The van der Waals surface area contributed by atoms with E-state index in [0.29, 0.717) is 11.3 Å². The molecule has 2 amide bonds. The van der Waals surface area contributed by atoms with E-state index in [1.165, 1.54) is 6.92 Å². The fraction of sp³-hybridized carbons (Fsp3) is 0.286. The second-order valence-electron chi connectivity index (χ2n) is 6.81. The fourth-order valence-corrected chi connectivity index (χ4v) is 2.83. The SMILES string of the molecule is CC(=O)c1cccc(NC(=O)C[NH+](C)CC(=O)Nc2c(C)cccc2C)c1. The van der Waals surface area contributed by atoms with Gasteiger partial charge in [0.1, 0.15) is 0 Å². The molecule has 0 aliphatic heterocycles.